The summed E-state index contributed by atoms with van der Waals surface area (Å²) in [6.45, 7) is 3.38. The molecule has 2 amide bonds. The molecule has 7 nitrogen and oxygen atoms in total. The van der Waals surface area contributed by atoms with Gasteiger partial charge in [-0.05, 0) is 36.6 Å². The second kappa shape index (κ2) is 11.3. The standard InChI is InChI=1S/C22H29Cl2N3O4/c23-19-3-1-16(13-20(19)24)2-4-21(30)26-10-7-22(31)27(12-11-26)15-18(29)14-25-8-5-17(28)6-9-25/h1-4,13,17-18,28-29H,5-12,14-15H2/b4-2+. The third-order valence-electron chi connectivity index (χ3n) is 5.72. The fourth-order valence-corrected chi connectivity index (χ4v) is 4.19. The van der Waals surface area contributed by atoms with Gasteiger partial charge in [0.05, 0.1) is 22.3 Å². The third kappa shape index (κ3) is 7.19. The van der Waals surface area contributed by atoms with Gasteiger partial charge in [-0.2, -0.15) is 0 Å². The second-order valence-corrected chi connectivity index (χ2v) is 8.92. The van der Waals surface area contributed by atoms with Crippen molar-refractivity contribution in [3.8, 4) is 0 Å². The minimum absolute atomic E-state index is 0.0584. The van der Waals surface area contributed by atoms with Crippen LogP contribution in [0.1, 0.15) is 24.8 Å². The average molecular weight is 470 g/mol. The summed E-state index contributed by atoms with van der Waals surface area (Å²) in [5.74, 6) is -0.231. The van der Waals surface area contributed by atoms with E-state index >= 15 is 0 Å². The molecule has 2 aliphatic rings. The molecule has 170 valence electrons. The molecule has 2 N–H and O–H groups in total. The summed E-state index contributed by atoms with van der Waals surface area (Å²) in [5.41, 5.74) is 0.767. The molecule has 1 aromatic carbocycles. The molecule has 3 rings (SSSR count). The van der Waals surface area contributed by atoms with Crippen LogP contribution in [0.2, 0.25) is 10.0 Å². The first-order chi connectivity index (χ1) is 14.8. The fourth-order valence-electron chi connectivity index (χ4n) is 3.88. The van der Waals surface area contributed by atoms with Crippen molar-refractivity contribution < 1.29 is 19.8 Å². The number of carbonyl (C=O) groups excluding carboxylic acids is 2. The van der Waals surface area contributed by atoms with Gasteiger partial charge in [0.2, 0.25) is 11.8 Å². The van der Waals surface area contributed by atoms with E-state index < -0.39 is 6.10 Å². The number of likely N-dealkylation sites (tertiary alicyclic amines) is 1. The topological polar surface area (TPSA) is 84.3 Å². The van der Waals surface area contributed by atoms with Crippen LogP contribution in [0.3, 0.4) is 0 Å². The molecule has 0 saturated carbocycles. The number of nitrogens with zero attached hydrogens (tertiary/aromatic N) is 3. The molecule has 31 heavy (non-hydrogen) atoms. The first-order valence-corrected chi connectivity index (χ1v) is 11.4. The highest BCUT2D eigenvalue weighted by Crippen LogP contribution is 2.23. The normalized spacial score (nSPS) is 20.3. The van der Waals surface area contributed by atoms with Gasteiger partial charge in [0.15, 0.2) is 0 Å². The Kier molecular flexibility index (Phi) is 8.75. The van der Waals surface area contributed by atoms with Crippen molar-refractivity contribution in [3.05, 3.63) is 39.9 Å². The molecule has 0 bridgehead atoms. The minimum atomic E-state index is -0.656. The molecule has 1 unspecified atom stereocenters. The number of hydrogen-bond acceptors (Lipinski definition) is 5. The van der Waals surface area contributed by atoms with Crippen LogP contribution < -0.4 is 0 Å². The van der Waals surface area contributed by atoms with Crippen LogP contribution in [0, 0.1) is 0 Å². The van der Waals surface area contributed by atoms with Crippen molar-refractivity contribution in [2.45, 2.75) is 31.5 Å². The molecule has 0 radical (unpaired) electrons. The highest BCUT2D eigenvalue weighted by atomic mass is 35.5. The molecule has 9 heteroatoms. The Morgan fingerprint density at radius 1 is 1.10 bits per heavy atom. The molecule has 1 aromatic rings. The van der Waals surface area contributed by atoms with Gasteiger partial charge in [-0.15, -0.1) is 0 Å². The van der Waals surface area contributed by atoms with Gasteiger partial charge in [-0.3, -0.25) is 9.59 Å². The van der Waals surface area contributed by atoms with E-state index in [1.165, 1.54) is 6.08 Å². The Balaban J connectivity index is 1.49. The number of aliphatic hydroxyl groups excluding tert-OH is 2. The maximum absolute atomic E-state index is 12.6. The predicted octanol–water partition coefficient (Wildman–Crippen LogP) is 1.89. The van der Waals surface area contributed by atoms with Gasteiger partial charge in [-0.1, -0.05) is 29.3 Å². The Morgan fingerprint density at radius 2 is 1.84 bits per heavy atom. The van der Waals surface area contributed by atoms with Crippen molar-refractivity contribution >= 4 is 41.1 Å². The number of piperidine rings is 1. The summed E-state index contributed by atoms with van der Waals surface area (Å²) < 4.78 is 0. The molecule has 2 aliphatic heterocycles. The number of rotatable bonds is 6. The summed E-state index contributed by atoms with van der Waals surface area (Å²) >= 11 is 11.9. The van der Waals surface area contributed by atoms with E-state index in [0.29, 0.717) is 49.1 Å². The van der Waals surface area contributed by atoms with Gasteiger partial charge >= 0.3 is 0 Å². The molecule has 2 saturated heterocycles. The Morgan fingerprint density at radius 3 is 2.55 bits per heavy atom. The number of benzene rings is 1. The molecule has 0 aliphatic carbocycles. The van der Waals surface area contributed by atoms with Crippen LogP contribution in [-0.4, -0.2) is 94.7 Å². The molecular weight excluding hydrogens is 441 g/mol. The van der Waals surface area contributed by atoms with Crippen molar-refractivity contribution in [1.29, 1.82) is 0 Å². The van der Waals surface area contributed by atoms with Crippen LogP contribution in [-0.2, 0) is 9.59 Å². The van der Waals surface area contributed by atoms with Crippen molar-refractivity contribution in [1.82, 2.24) is 14.7 Å². The zero-order valence-corrected chi connectivity index (χ0v) is 18.9. The maximum atomic E-state index is 12.6. The molecule has 2 heterocycles. The zero-order chi connectivity index (χ0) is 22.4. The van der Waals surface area contributed by atoms with Crippen LogP contribution in [0.5, 0.6) is 0 Å². The largest absolute Gasteiger partial charge is 0.393 e. The van der Waals surface area contributed by atoms with Gasteiger partial charge in [0.25, 0.3) is 0 Å². The third-order valence-corrected chi connectivity index (χ3v) is 6.46. The number of aliphatic hydroxyl groups is 2. The molecule has 2 fully saturated rings. The van der Waals surface area contributed by atoms with Crippen LogP contribution >= 0.6 is 23.2 Å². The molecule has 0 spiro atoms. The Bertz CT molecular complexity index is 812. The minimum Gasteiger partial charge on any atom is -0.393 e. The van der Waals surface area contributed by atoms with Gasteiger partial charge in [-0.25, -0.2) is 0 Å². The highest BCUT2D eigenvalue weighted by molar-refractivity contribution is 6.42. The summed E-state index contributed by atoms with van der Waals surface area (Å²) in [7, 11) is 0. The SMILES string of the molecule is O=C(/C=C/c1ccc(Cl)c(Cl)c1)N1CCC(=O)N(CC(O)CN2CCC(O)CC2)CC1. The number of hydrogen-bond donors (Lipinski definition) is 2. The van der Waals surface area contributed by atoms with Crippen molar-refractivity contribution in [3.63, 3.8) is 0 Å². The number of amides is 2. The van der Waals surface area contributed by atoms with E-state index in [0.717, 1.165) is 18.7 Å². The van der Waals surface area contributed by atoms with E-state index in [4.69, 9.17) is 23.2 Å². The average Bonchev–Trinajstić information content (AvgIpc) is 2.92. The van der Waals surface area contributed by atoms with Crippen molar-refractivity contribution in [2.75, 3.05) is 45.8 Å². The van der Waals surface area contributed by atoms with Crippen LogP contribution in [0.25, 0.3) is 6.08 Å². The first-order valence-electron chi connectivity index (χ1n) is 10.6. The summed E-state index contributed by atoms with van der Waals surface area (Å²) in [6.07, 6.45) is 3.89. The fraction of sp³-hybridized carbons (Fsp3) is 0.545. The Labute approximate surface area is 192 Å². The second-order valence-electron chi connectivity index (χ2n) is 8.11. The van der Waals surface area contributed by atoms with E-state index in [1.807, 2.05) is 0 Å². The van der Waals surface area contributed by atoms with Crippen LogP contribution in [0.15, 0.2) is 24.3 Å². The first kappa shape index (κ1) is 24.0. The van der Waals surface area contributed by atoms with E-state index in [-0.39, 0.29) is 30.9 Å². The van der Waals surface area contributed by atoms with E-state index in [9.17, 15) is 19.8 Å². The lowest BCUT2D eigenvalue weighted by Gasteiger charge is -2.32. The molecule has 1 atom stereocenters. The number of carbonyl (C=O) groups is 2. The quantitative estimate of drug-likeness (QED) is 0.621. The predicted molar refractivity (Wildman–Crippen MR) is 121 cm³/mol. The highest BCUT2D eigenvalue weighted by Gasteiger charge is 2.26. The smallest absolute Gasteiger partial charge is 0.246 e. The zero-order valence-electron chi connectivity index (χ0n) is 17.4. The monoisotopic (exact) mass is 469 g/mol. The Hall–Kier alpha value is -1.64. The number of halogens is 2. The van der Waals surface area contributed by atoms with E-state index in [2.05, 4.69) is 4.90 Å². The van der Waals surface area contributed by atoms with Gasteiger partial charge in [0.1, 0.15) is 0 Å². The lowest BCUT2D eigenvalue weighted by atomic mass is 10.1. The number of β-amino-alcohol motifs (C(OH)–C–C–N with tert-alkyl or cyclic N) is 1. The molecular formula is C22H29Cl2N3O4. The molecule has 0 aromatic heterocycles. The van der Waals surface area contributed by atoms with Gasteiger partial charge < -0.3 is 24.9 Å². The summed E-state index contributed by atoms with van der Waals surface area (Å²) in [4.78, 5) is 30.5. The summed E-state index contributed by atoms with van der Waals surface area (Å²) in [5, 5.41) is 20.9. The summed E-state index contributed by atoms with van der Waals surface area (Å²) in [6, 6.07) is 5.13. The van der Waals surface area contributed by atoms with Gasteiger partial charge in [0, 0.05) is 58.3 Å². The lowest BCUT2D eigenvalue weighted by Crippen LogP contribution is -2.46. The van der Waals surface area contributed by atoms with E-state index in [1.54, 1.807) is 34.1 Å². The van der Waals surface area contributed by atoms with Crippen LogP contribution in [0.4, 0.5) is 0 Å². The van der Waals surface area contributed by atoms with Crippen molar-refractivity contribution in [2.24, 2.45) is 0 Å². The lowest BCUT2D eigenvalue weighted by molar-refractivity contribution is -0.131. The maximum Gasteiger partial charge on any atom is 0.246 e.